The summed E-state index contributed by atoms with van der Waals surface area (Å²) in [5.41, 5.74) is 5.04. The highest BCUT2D eigenvalue weighted by atomic mass is 16.5. The fourth-order valence-electron chi connectivity index (χ4n) is 3.98. The van der Waals surface area contributed by atoms with Crippen molar-refractivity contribution in [1.29, 1.82) is 0 Å². The number of nitrogens with one attached hydrogen (secondary N) is 3. The molecule has 4 N–H and O–H groups in total. The Hall–Kier alpha value is -4.58. The minimum absolute atomic E-state index is 0.107. The number of hydrogen-bond donors (Lipinski definition) is 4. The van der Waals surface area contributed by atoms with Gasteiger partial charge in [0.2, 0.25) is 5.91 Å². The van der Waals surface area contributed by atoms with E-state index < -0.39 is 24.0 Å². The van der Waals surface area contributed by atoms with Crippen molar-refractivity contribution in [3.63, 3.8) is 0 Å². The van der Waals surface area contributed by atoms with E-state index in [4.69, 9.17) is 9.84 Å². The van der Waals surface area contributed by atoms with E-state index in [0.29, 0.717) is 5.69 Å². The van der Waals surface area contributed by atoms with Crippen LogP contribution in [-0.2, 0) is 20.7 Å². The summed E-state index contributed by atoms with van der Waals surface area (Å²) in [6, 6.07) is 15.0. The lowest BCUT2D eigenvalue weighted by atomic mass is 9.98. The summed E-state index contributed by atoms with van der Waals surface area (Å²) in [5, 5.41) is 13.7. The number of ether oxygens (including phenoxy) is 1. The monoisotopic (exact) mass is 458 g/mol. The number of aromatic amines is 1. The van der Waals surface area contributed by atoms with E-state index in [2.05, 4.69) is 26.5 Å². The van der Waals surface area contributed by atoms with Crippen molar-refractivity contribution < 1.29 is 24.2 Å². The van der Waals surface area contributed by atoms with Crippen molar-refractivity contribution in [2.45, 2.75) is 18.4 Å². The van der Waals surface area contributed by atoms with E-state index in [1.807, 2.05) is 54.5 Å². The average Bonchev–Trinajstić information content (AvgIpc) is 3.46. The predicted octanol–water partition coefficient (Wildman–Crippen LogP) is 2.06. The van der Waals surface area contributed by atoms with Gasteiger partial charge in [-0.2, -0.15) is 0 Å². The molecule has 1 aromatic heterocycles. The largest absolute Gasteiger partial charge is 0.472 e. The van der Waals surface area contributed by atoms with E-state index in [1.54, 1.807) is 6.20 Å². The van der Waals surface area contributed by atoms with Crippen LogP contribution in [0.25, 0.3) is 11.1 Å². The first kappa shape index (κ1) is 22.6. The minimum atomic E-state index is -1.29. The first-order valence-corrected chi connectivity index (χ1v) is 10.6. The maximum Gasteiger partial charge on any atom is 0.407 e. The maximum atomic E-state index is 12.6. The number of carbonyl (C=O) groups is 3. The second-order valence-electron chi connectivity index (χ2n) is 7.63. The summed E-state index contributed by atoms with van der Waals surface area (Å²) in [4.78, 5) is 42.6. The number of carbonyl (C=O) groups excluding carboxylic acids is 2. The third-order valence-corrected chi connectivity index (χ3v) is 5.48. The third kappa shape index (κ3) is 5.24. The molecule has 0 aliphatic heterocycles. The van der Waals surface area contributed by atoms with Crippen LogP contribution in [0.4, 0.5) is 4.79 Å². The zero-order valence-corrected chi connectivity index (χ0v) is 18.1. The summed E-state index contributed by atoms with van der Waals surface area (Å²) >= 11 is 0. The van der Waals surface area contributed by atoms with Gasteiger partial charge in [-0.15, -0.1) is 0 Å². The van der Waals surface area contributed by atoms with Crippen LogP contribution in [-0.4, -0.2) is 52.2 Å². The Morgan fingerprint density at radius 2 is 1.76 bits per heavy atom. The van der Waals surface area contributed by atoms with Crippen molar-refractivity contribution in [2.24, 2.45) is 0 Å². The molecule has 0 bridgehead atoms. The van der Waals surface area contributed by atoms with Crippen LogP contribution in [0.2, 0.25) is 0 Å². The first-order valence-electron chi connectivity index (χ1n) is 10.6. The molecule has 1 aliphatic carbocycles. The molecule has 0 spiro atoms. The van der Waals surface area contributed by atoms with Crippen LogP contribution in [0.15, 0.2) is 61.1 Å². The van der Waals surface area contributed by atoms with Crippen molar-refractivity contribution in [3.05, 3.63) is 77.9 Å². The molecule has 1 heterocycles. The van der Waals surface area contributed by atoms with Crippen molar-refractivity contribution in [2.75, 3.05) is 13.2 Å². The molecular weight excluding hydrogens is 436 g/mol. The Balaban J connectivity index is 1.41. The lowest BCUT2D eigenvalue weighted by molar-refractivity contribution is -0.130. The number of amides is 2. The smallest absolute Gasteiger partial charge is 0.407 e. The van der Waals surface area contributed by atoms with Crippen LogP contribution in [0.5, 0.6) is 0 Å². The number of aromatic nitrogens is 2. The van der Waals surface area contributed by atoms with Crippen LogP contribution >= 0.6 is 0 Å². The van der Waals surface area contributed by atoms with Gasteiger partial charge >= 0.3 is 12.1 Å². The molecule has 2 amide bonds. The van der Waals surface area contributed by atoms with Gasteiger partial charge in [-0.05, 0) is 22.3 Å². The van der Waals surface area contributed by atoms with Gasteiger partial charge < -0.3 is 25.5 Å². The second kappa shape index (κ2) is 10.4. The van der Waals surface area contributed by atoms with Crippen LogP contribution in [0, 0.1) is 11.8 Å². The number of hydrogen-bond acceptors (Lipinski definition) is 5. The van der Waals surface area contributed by atoms with Gasteiger partial charge in [-0.3, -0.25) is 4.79 Å². The molecule has 0 saturated carbocycles. The second-order valence-corrected chi connectivity index (χ2v) is 7.63. The number of H-pyrrole nitrogens is 1. The van der Waals surface area contributed by atoms with Gasteiger partial charge in [-0.1, -0.05) is 54.5 Å². The SMILES string of the molecule is O=C(O)C#CCNC(=O)[C@@H](Cc1cnc[nH]1)NC(=O)OCC1c2ccccc2-c2ccccc21. The van der Waals surface area contributed by atoms with Crippen molar-refractivity contribution in [1.82, 2.24) is 20.6 Å². The van der Waals surface area contributed by atoms with Gasteiger partial charge in [0.25, 0.3) is 0 Å². The van der Waals surface area contributed by atoms with E-state index in [1.165, 1.54) is 6.33 Å². The molecule has 1 aliphatic rings. The predicted molar refractivity (Wildman–Crippen MR) is 123 cm³/mol. The normalized spacial score (nSPS) is 12.5. The number of benzene rings is 2. The molecule has 0 radical (unpaired) electrons. The number of imidazole rings is 1. The number of nitrogens with zero attached hydrogens (tertiary/aromatic N) is 1. The lowest BCUT2D eigenvalue weighted by Crippen LogP contribution is -2.48. The molecule has 0 fully saturated rings. The quantitative estimate of drug-likeness (QED) is 0.401. The summed E-state index contributed by atoms with van der Waals surface area (Å²) in [6.07, 6.45) is 2.42. The fourth-order valence-corrected chi connectivity index (χ4v) is 3.98. The zero-order chi connectivity index (χ0) is 23.9. The van der Waals surface area contributed by atoms with Crippen LogP contribution in [0.1, 0.15) is 22.7 Å². The molecule has 1 atom stereocenters. The molecule has 2 aromatic carbocycles. The Kier molecular flexibility index (Phi) is 6.89. The number of fused-ring (bicyclic) bond motifs is 3. The Morgan fingerprint density at radius 1 is 1.09 bits per heavy atom. The van der Waals surface area contributed by atoms with Crippen molar-refractivity contribution in [3.8, 4) is 23.0 Å². The molecule has 9 heteroatoms. The number of alkyl carbamates (subject to hydrolysis) is 1. The average molecular weight is 458 g/mol. The van der Waals surface area contributed by atoms with Gasteiger partial charge in [-0.25, -0.2) is 14.6 Å². The van der Waals surface area contributed by atoms with Crippen molar-refractivity contribution >= 4 is 18.0 Å². The van der Waals surface area contributed by atoms with Gasteiger partial charge in [0.1, 0.15) is 12.6 Å². The topological polar surface area (TPSA) is 133 Å². The summed E-state index contributed by atoms with van der Waals surface area (Å²) in [7, 11) is 0. The van der Waals surface area contributed by atoms with E-state index in [0.717, 1.165) is 22.3 Å². The Bertz CT molecular complexity index is 1210. The molecule has 9 nitrogen and oxygen atoms in total. The number of carboxylic acid groups (broad SMARTS) is 1. The Labute approximate surface area is 195 Å². The molecule has 172 valence electrons. The molecule has 3 aromatic rings. The number of rotatable bonds is 7. The highest BCUT2D eigenvalue weighted by molar-refractivity contribution is 5.88. The van der Waals surface area contributed by atoms with E-state index in [-0.39, 0.29) is 25.5 Å². The number of aliphatic carboxylic acids is 1. The summed E-state index contributed by atoms with van der Waals surface area (Å²) in [6.45, 7) is -0.0562. The van der Waals surface area contributed by atoms with E-state index in [9.17, 15) is 14.4 Å². The molecule has 4 rings (SSSR count). The summed E-state index contributed by atoms with van der Waals surface area (Å²) < 4.78 is 5.54. The highest BCUT2D eigenvalue weighted by Crippen LogP contribution is 2.44. The standard InChI is InChI=1S/C25H22N4O5/c30-23(31)10-5-11-27-24(32)22(12-16-13-26-15-28-16)29-25(33)34-14-21-19-8-3-1-6-17(19)18-7-2-4-9-20(18)21/h1-4,6-9,13,15,21-22H,11-12,14H2,(H,26,28)(H,27,32)(H,29,33)(H,30,31)/t22-/m1/s1. The number of carboxylic acids is 1. The maximum absolute atomic E-state index is 12.6. The first-order chi connectivity index (χ1) is 16.5. The zero-order valence-electron chi connectivity index (χ0n) is 18.1. The minimum Gasteiger partial charge on any atom is -0.472 e. The van der Waals surface area contributed by atoms with E-state index >= 15 is 0 Å². The molecule has 0 saturated heterocycles. The van der Waals surface area contributed by atoms with Gasteiger partial charge in [0, 0.05) is 30.1 Å². The molecule has 34 heavy (non-hydrogen) atoms. The molecule has 0 unspecified atom stereocenters. The lowest BCUT2D eigenvalue weighted by Gasteiger charge is -2.19. The molecular formula is C25H22N4O5. The van der Waals surface area contributed by atoms with Crippen LogP contribution in [0.3, 0.4) is 0 Å². The van der Waals surface area contributed by atoms with Gasteiger partial charge in [0.15, 0.2) is 0 Å². The van der Waals surface area contributed by atoms with Crippen LogP contribution < -0.4 is 10.6 Å². The van der Waals surface area contributed by atoms with Gasteiger partial charge in [0.05, 0.1) is 12.9 Å². The third-order valence-electron chi connectivity index (χ3n) is 5.48. The highest BCUT2D eigenvalue weighted by Gasteiger charge is 2.30. The summed E-state index contributed by atoms with van der Waals surface area (Å²) in [5.74, 6) is 2.31. The fraction of sp³-hybridized carbons (Fsp3) is 0.200. The Morgan fingerprint density at radius 3 is 2.38 bits per heavy atom.